The van der Waals surface area contributed by atoms with Crippen molar-refractivity contribution in [1.82, 2.24) is 5.32 Å². The molecule has 0 aromatic carbocycles. The molecular weight excluding hydrogens is 228 g/mol. The number of hydrogen-bond donors (Lipinski definition) is 3. The van der Waals surface area contributed by atoms with Gasteiger partial charge in [-0.15, -0.1) is 0 Å². The molecule has 1 rings (SSSR count). The summed E-state index contributed by atoms with van der Waals surface area (Å²) in [6, 6.07) is -0.0530. The lowest BCUT2D eigenvalue weighted by Crippen LogP contribution is -2.49. The van der Waals surface area contributed by atoms with Gasteiger partial charge in [-0.1, -0.05) is 33.1 Å². The lowest BCUT2D eigenvalue weighted by Gasteiger charge is -2.29. The first kappa shape index (κ1) is 15.4. The van der Waals surface area contributed by atoms with Crippen LogP contribution in [0, 0.1) is 11.3 Å². The number of nitrogens with two attached hydrogens (primary N) is 1. The van der Waals surface area contributed by atoms with Crippen LogP contribution in [-0.2, 0) is 4.79 Å². The third kappa shape index (κ3) is 3.23. The minimum absolute atomic E-state index is 0.00231. The van der Waals surface area contributed by atoms with E-state index in [2.05, 4.69) is 19.2 Å². The van der Waals surface area contributed by atoms with Gasteiger partial charge in [-0.25, -0.2) is 0 Å². The van der Waals surface area contributed by atoms with Crippen molar-refractivity contribution >= 4 is 5.91 Å². The lowest BCUT2D eigenvalue weighted by atomic mass is 9.84. The summed E-state index contributed by atoms with van der Waals surface area (Å²) in [5.74, 6) is 0.257. The Morgan fingerprint density at radius 1 is 1.50 bits per heavy atom. The number of rotatable bonds is 6. The Labute approximate surface area is 110 Å². The minimum atomic E-state index is -0.454. The zero-order valence-electron chi connectivity index (χ0n) is 11.9. The highest BCUT2D eigenvalue weighted by Crippen LogP contribution is 2.36. The Kier molecular flexibility index (Phi) is 5.60. The number of nitrogens with one attached hydrogen (secondary N) is 1. The highest BCUT2D eigenvalue weighted by molar-refractivity contribution is 5.83. The monoisotopic (exact) mass is 256 g/mol. The molecule has 0 heterocycles. The first-order valence-corrected chi connectivity index (χ1v) is 7.17. The van der Waals surface area contributed by atoms with Gasteiger partial charge in [0.05, 0.1) is 11.5 Å². The second-order valence-corrected chi connectivity index (χ2v) is 5.77. The smallest absolute Gasteiger partial charge is 0.227 e. The van der Waals surface area contributed by atoms with Crippen molar-refractivity contribution in [2.24, 2.45) is 17.1 Å². The van der Waals surface area contributed by atoms with E-state index in [9.17, 15) is 9.90 Å². The zero-order valence-corrected chi connectivity index (χ0v) is 11.9. The van der Waals surface area contributed by atoms with Crippen LogP contribution in [0.1, 0.15) is 52.9 Å². The Bertz CT molecular complexity index is 279. The Morgan fingerprint density at radius 2 is 2.11 bits per heavy atom. The van der Waals surface area contributed by atoms with Crippen molar-refractivity contribution in [2.45, 2.75) is 65.0 Å². The van der Waals surface area contributed by atoms with Gasteiger partial charge >= 0.3 is 0 Å². The molecule has 4 N–H and O–H groups in total. The third-order valence-corrected chi connectivity index (χ3v) is 4.61. The molecule has 3 atom stereocenters. The predicted octanol–water partition coefficient (Wildman–Crippen LogP) is 1.42. The minimum Gasteiger partial charge on any atom is -0.391 e. The van der Waals surface area contributed by atoms with Crippen molar-refractivity contribution in [3.8, 4) is 0 Å². The second kappa shape index (κ2) is 6.53. The van der Waals surface area contributed by atoms with E-state index in [0.717, 1.165) is 32.1 Å². The number of aliphatic hydroxyl groups excluding tert-OH is 1. The van der Waals surface area contributed by atoms with Gasteiger partial charge in [-0.2, -0.15) is 0 Å². The van der Waals surface area contributed by atoms with E-state index in [-0.39, 0.29) is 17.9 Å². The summed E-state index contributed by atoms with van der Waals surface area (Å²) in [7, 11) is 0. The van der Waals surface area contributed by atoms with Crippen LogP contribution in [0.25, 0.3) is 0 Å². The number of carbonyl (C=O) groups excluding carboxylic acids is 1. The topological polar surface area (TPSA) is 75.3 Å². The van der Waals surface area contributed by atoms with Gasteiger partial charge in [0.1, 0.15) is 0 Å². The van der Waals surface area contributed by atoms with Gasteiger partial charge in [0.15, 0.2) is 0 Å². The molecule has 0 bridgehead atoms. The standard InChI is InChI=1S/C14H28N2O2/c1-4-10(5-2)11(17)9-16-13(18)14(3)8-6-7-12(14)15/h10-12,17H,4-9,15H2,1-3H3,(H,16,18). The van der Waals surface area contributed by atoms with Crippen LogP contribution in [0.3, 0.4) is 0 Å². The molecule has 0 radical (unpaired) electrons. The first-order chi connectivity index (χ1) is 8.45. The van der Waals surface area contributed by atoms with Crippen molar-refractivity contribution in [3.05, 3.63) is 0 Å². The molecule has 1 amide bonds. The van der Waals surface area contributed by atoms with E-state index in [1.54, 1.807) is 0 Å². The van der Waals surface area contributed by atoms with Crippen molar-refractivity contribution in [1.29, 1.82) is 0 Å². The molecule has 1 saturated carbocycles. The van der Waals surface area contributed by atoms with Gasteiger partial charge < -0.3 is 16.2 Å². The largest absolute Gasteiger partial charge is 0.391 e. The molecule has 0 spiro atoms. The first-order valence-electron chi connectivity index (χ1n) is 7.17. The number of aliphatic hydroxyl groups is 1. The molecule has 0 saturated heterocycles. The molecule has 1 aliphatic carbocycles. The molecule has 106 valence electrons. The van der Waals surface area contributed by atoms with Crippen LogP contribution in [-0.4, -0.2) is 29.7 Å². The maximum Gasteiger partial charge on any atom is 0.227 e. The Balaban J connectivity index is 2.46. The molecule has 4 nitrogen and oxygen atoms in total. The lowest BCUT2D eigenvalue weighted by molar-refractivity contribution is -0.131. The summed E-state index contributed by atoms with van der Waals surface area (Å²) < 4.78 is 0. The Morgan fingerprint density at radius 3 is 2.56 bits per heavy atom. The molecule has 3 unspecified atom stereocenters. The van der Waals surface area contributed by atoms with Crippen molar-refractivity contribution in [3.63, 3.8) is 0 Å². The SMILES string of the molecule is CCC(CC)C(O)CNC(=O)C1(C)CCCC1N. The quantitative estimate of drug-likeness (QED) is 0.672. The molecule has 18 heavy (non-hydrogen) atoms. The summed E-state index contributed by atoms with van der Waals surface area (Å²) in [5.41, 5.74) is 5.56. The molecule has 4 heteroatoms. The van der Waals surface area contributed by atoms with E-state index in [4.69, 9.17) is 5.73 Å². The number of amides is 1. The maximum atomic E-state index is 12.2. The summed E-state index contributed by atoms with van der Waals surface area (Å²) in [6.45, 7) is 6.40. The fourth-order valence-corrected chi connectivity index (χ4v) is 2.87. The van der Waals surface area contributed by atoms with Gasteiger partial charge in [0.25, 0.3) is 0 Å². The summed E-state index contributed by atoms with van der Waals surface area (Å²) in [5, 5.41) is 12.9. The van der Waals surface area contributed by atoms with Crippen LogP contribution in [0.4, 0.5) is 0 Å². The molecule has 0 aromatic heterocycles. The zero-order chi connectivity index (χ0) is 13.8. The molecule has 0 aromatic rings. The van der Waals surface area contributed by atoms with Crippen LogP contribution < -0.4 is 11.1 Å². The van der Waals surface area contributed by atoms with Gasteiger partial charge in [0.2, 0.25) is 5.91 Å². The van der Waals surface area contributed by atoms with Gasteiger partial charge in [0, 0.05) is 12.6 Å². The molecule has 1 aliphatic rings. The van der Waals surface area contributed by atoms with Crippen molar-refractivity contribution < 1.29 is 9.90 Å². The average Bonchev–Trinajstić information content (AvgIpc) is 2.69. The fourth-order valence-electron chi connectivity index (χ4n) is 2.87. The van der Waals surface area contributed by atoms with Crippen LogP contribution >= 0.6 is 0 Å². The Hall–Kier alpha value is -0.610. The molecular formula is C14H28N2O2. The van der Waals surface area contributed by atoms with Crippen molar-refractivity contribution in [2.75, 3.05) is 6.54 Å². The second-order valence-electron chi connectivity index (χ2n) is 5.77. The van der Waals surface area contributed by atoms with E-state index >= 15 is 0 Å². The highest BCUT2D eigenvalue weighted by atomic mass is 16.3. The number of carbonyl (C=O) groups is 1. The maximum absolute atomic E-state index is 12.2. The van der Waals surface area contributed by atoms with E-state index < -0.39 is 11.5 Å². The molecule has 1 fully saturated rings. The summed E-state index contributed by atoms with van der Waals surface area (Å²) in [4.78, 5) is 12.2. The van der Waals surface area contributed by atoms with E-state index in [1.807, 2.05) is 6.92 Å². The molecule has 0 aliphatic heterocycles. The van der Waals surface area contributed by atoms with Crippen LogP contribution in [0.5, 0.6) is 0 Å². The summed E-state index contributed by atoms with van der Waals surface area (Å²) in [6.07, 6.45) is 4.19. The van der Waals surface area contributed by atoms with E-state index in [1.165, 1.54) is 0 Å². The van der Waals surface area contributed by atoms with Crippen LogP contribution in [0.2, 0.25) is 0 Å². The van der Waals surface area contributed by atoms with Gasteiger partial charge in [-0.3, -0.25) is 4.79 Å². The number of hydrogen-bond acceptors (Lipinski definition) is 3. The third-order valence-electron chi connectivity index (χ3n) is 4.61. The van der Waals surface area contributed by atoms with Crippen LogP contribution in [0.15, 0.2) is 0 Å². The fraction of sp³-hybridized carbons (Fsp3) is 0.929. The summed E-state index contributed by atoms with van der Waals surface area (Å²) >= 11 is 0. The normalized spacial score (nSPS) is 29.6. The highest BCUT2D eigenvalue weighted by Gasteiger charge is 2.42. The van der Waals surface area contributed by atoms with E-state index in [0.29, 0.717) is 6.54 Å². The predicted molar refractivity (Wildman–Crippen MR) is 73.0 cm³/mol. The van der Waals surface area contributed by atoms with Gasteiger partial charge in [-0.05, 0) is 25.7 Å². The average molecular weight is 256 g/mol.